The summed E-state index contributed by atoms with van der Waals surface area (Å²) < 4.78 is 23.7. The molecule has 3 N–H and O–H groups in total. The van der Waals surface area contributed by atoms with E-state index in [9.17, 15) is 24.6 Å². The largest absolute Gasteiger partial charge is 0.496 e. The molecule has 10 atom stereocenters. The lowest BCUT2D eigenvalue weighted by atomic mass is 9.47. The summed E-state index contributed by atoms with van der Waals surface area (Å²) in [6.07, 6.45) is 5.83. The Bertz CT molecular complexity index is 2310. The van der Waals surface area contributed by atoms with Crippen LogP contribution in [0.15, 0.2) is 48.6 Å². The van der Waals surface area contributed by atoms with Crippen LogP contribution in [0, 0.1) is 11.3 Å². The van der Waals surface area contributed by atoms with Gasteiger partial charge in [-0.25, -0.2) is 4.79 Å². The maximum Gasteiger partial charge on any atom is 0.344 e. The smallest absolute Gasteiger partial charge is 0.344 e. The third-order valence-corrected chi connectivity index (χ3v) is 15.5. The summed E-state index contributed by atoms with van der Waals surface area (Å²) in [5, 5.41) is 26.3. The van der Waals surface area contributed by atoms with Crippen molar-refractivity contribution in [3.8, 4) is 5.75 Å². The summed E-state index contributed by atoms with van der Waals surface area (Å²) >= 11 is 0. The van der Waals surface area contributed by atoms with Crippen LogP contribution in [-0.4, -0.2) is 133 Å². The highest BCUT2D eigenvalue weighted by molar-refractivity contribution is 5.96. The molecule has 60 heavy (non-hydrogen) atoms. The van der Waals surface area contributed by atoms with Crippen molar-refractivity contribution in [2.24, 2.45) is 11.3 Å². The van der Waals surface area contributed by atoms with Crippen LogP contribution in [0.25, 0.3) is 10.9 Å². The van der Waals surface area contributed by atoms with E-state index < -0.39 is 63.5 Å². The van der Waals surface area contributed by atoms with Gasteiger partial charge in [-0.1, -0.05) is 44.2 Å². The van der Waals surface area contributed by atoms with Gasteiger partial charge in [-0.15, -0.1) is 0 Å². The van der Waals surface area contributed by atoms with E-state index in [1.807, 2.05) is 50.3 Å². The molecule has 0 radical (unpaired) electrons. The Morgan fingerprint density at radius 3 is 2.42 bits per heavy atom. The van der Waals surface area contributed by atoms with Crippen molar-refractivity contribution >= 4 is 40.9 Å². The first-order valence-corrected chi connectivity index (χ1v) is 21.3. The first-order valence-electron chi connectivity index (χ1n) is 21.3. The SMILES string of the molecule is CC[C@]1(O)CC2CN(CCc3c([nH]c4ccccc34)[C@@](C(=O)OC)(c3cc4c(cc3OC)N(C=O)C3[C@]45CCN4CC=C[C@](CC)(C45)[C@@H](OC(C)=O)[C@]3(O)C(=O)OC)C2)C1. The second-order valence-corrected chi connectivity index (χ2v) is 18.1. The van der Waals surface area contributed by atoms with Gasteiger partial charge in [0.2, 0.25) is 12.0 Å². The lowest BCUT2D eigenvalue weighted by Gasteiger charge is -2.63. The number of anilines is 1. The number of nitrogens with one attached hydrogen (secondary N) is 1. The van der Waals surface area contributed by atoms with E-state index >= 15 is 4.79 Å². The first kappa shape index (κ1) is 40.6. The van der Waals surface area contributed by atoms with Gasteiger partial charge < -0.3 is 39.0 Å². The lowest BCUT2D eigenvalue weighted by Crippen LogP contribution is -2.81. The Morgan fingerprint density at radius 1 is 0.967 bits per heavy atom. The number of fused-ring (bicyclic) bond motifs is 6. The van der Waals surface area contributed by atoms with Crippen molar-refractivity contribution in [3.63, 3.8) is 0 Å². The van der Waals surface area contributed by atoms with Crippen LogP contribution in [0.4, 0.5) is 5.69 Å². The zero-order valence-corrected chi connectivity index (χ0v) is 35.3. The van der Waals surface area contributed by atoms with Crippen molar-refractivity contribution in [2.45, 2.75) is 99.5 Å². The zero-order chi connectivity index (χ0) is 42.6. The Hall–Kier alpha value is -4.76. The second-order valence-electron chi connectivity index (χ2n) is 18.1. The van der Waals surface area contributed by atoms with E-state index in [0.717, 1.165) is 16.5 Å². The average Bonchev–Trinajstić information content (AvgIpc) is 3.92. The van der Waals surface area contributed by atoms with E-state index in [1.165, 1.54) is 33.2 Å². The quantitative estimate of drug-likeness (QED) is 0.131. The zero-order valence-electron chi connectivity index (χ0n) is 35.3. The molecule has 5 aliphatic heterocycles. The number of carbonyl (C=O) groups excluding carboxylic acids is 4. The van der Waals surface area contributed by atoms with Crippen molar-refractivity contribution in [2.75, 3.05) is 59.0 Å². The number of benzene rings is 2. The molecule has 3 fully saturated rings. The minimum Gasteiger partial charge on any atom is -0.496 e. The fourth-order valence-corrected chi connectivity index (χ4v) is 13.4. The van der Waals surface area contributed by atoms with Gasteiger partial charge in [0.15, 0.2) is 6.10 Å². The van der Waals surface area contributed by atoms with Gasteiger partial charge in [0.1, 0.15) is 11.2 Å². The number of para-hydroxylation sites is 1. The summed E-state index contributed by atoms with van der Waals surface area (Å²) in [7, 11) is 4.09. The number of piperidine rings is 1. The summed E-state index contributed by atoms with van der Waals surface area (Å²) in [5.41, 5.74) is -3.15. The number of aromatic amines is 1. The maximum absolute atomic E-state index is 15.3. The molecular formula is C46H56N4O10. The van der Waals surface area contributed by atoms with E-state index in [1.54, 1.807) is 6.07 Å². The van der Waals surface area contributed by atoms with Crippen LogP contribution < -0.4 is 9.64 Å². The Labute approximate surface area is 349 Å². The first-order chi connectivity index (χ1) is 28.8. The molecule has 14 heteroatoms. The van der Waals surface area contributed by atoms with Gasteiger partial charge in [-0.3, -0.25) is 24.2 Å². The number of aliphatic hydroxyl groups is 2. The highest BCUT2D eigenvalue weighted by Crippen LogP contribution is 2.68. The Kier molecular flexibility index (Phi) is 9.58. The molecule has 1 spiro atoms. The van der Waals surface area contributed by atoms with Gasteiger partial charge >= 0.3 is 17.9 Å². The monoisotopic (exact) mass is 824 g/mol. The van der Waals surface area contributed by atoms with Gasteiger partial charge in [-0.2, -0.15) is 0 Å². The van der Waals surface area contributed by atoms with Crippen LogP contribution in [0.2, 0.25) is 0 Å². The molecule has 320 valence electrons. The predicted molar refractivity (Wildman–Crippen MR) is 221 cm³/mol. The van der Waals surface area contributed by atoms with Crippen LogP contribution in [0.3, 0.4) is 0 Å². The van der Waals surface area contributed by atoms with Crippen molar-refractivity contribution in [1.82, 2.24) is 14.8 Å². The summed E-state index contributed by atoms with van der Waals surface area (Å²) in [4.78, 5) is 66.1. The molecule has 2 aromatic carbocycles. The second kappa shape index (κ2) is 14.1. The topological polar surface area (TPSA) is 171 Å². The van der Waals surface area contributed by atoms with Gasteiger partial charge in [0.25, 0.3) is 0 Å². The number of hydrogen-bond donors (Lipinski definition) is 3. The van der Waals surface area contributed by atoms with Gasteiger partial charge in [0, 0.05) is 78.2 Å². The molecule has 3 aromatic rings. The highest BCUT2D eigenvalue weighted by atomic mass is 16.6. The molecule has 6 heterocycles. The average molecular weight is 825 g/mol. The molecule has 14 nitrogen and oxygen atoms in total. The maximum atomic E-state index is 15.3. The van der Waals surface area contributed by atoms with Crippen LogP contribution in [-0.2, 0) is 50.6 Å². The van der Waals surface area contributed by atoms with Gasteiger partial charge in [0.05, 0.1) is 38.7 Å². The Balaban J connectivity index is 1.38. The third kappa shape index (κ3) is 5.19. The molecule has 6 aliphatic rings. The molecule has 2 saturated heterocycles. The molecule has 4 unspecified atom stereocenters. The standard InChI is InChI=1S/C46H56N4O10/c1-7-42(55)22-28-23-45(40(53)58-5,36-30(14-18-48(24-28)25-42)29-12-9-10-13-33(29)47-36)32-20-31-34(21-35(32)57-4)50(26-51)38-44(31)16-19-49-17-11-15-43(8-2,37(44)49)39(60-27(3)52)46(38,56)41(54)59-6/h9-13,15,20-21,26,28,37-39,47,55-56H,7-8,14,16-19,22-25H2,1-6H3/t28?,37?,38?,39-,42+,43-,44-,45+,46+/m1/s1. The third-order valence-electron chi connectivity index (χ3n) is 15.5. The molecular weight excluding hydrogens is 769 g/mol. The number of hydrogen-bond acceptors (Lipinski definition) is 12. The normalized spacial score (nSPS) is 36.5. The van der Waals surface area contributed by atoms with Crippen molar-refractivity contribution in [3.05, 3.63) is 70.9 Å². The molecule has 1 saturated carbocycles. The summed E-state index contributed by atoms with van der Waals surface area (Å²) in [5.74, 6) is -2.06. The fourth-order valence-electron chi connectivity index (χ4n) is 13.4. The number of amides is 1. The minimum atomic E-state index is -2.53. The number of nitrogens with zero attached hydrogens (tertiary/aromatic N) is 3. The van der Waals surface area contributed by atoms with Crippen LogP contribution in [0.1, 0.15) is 75.3 Å². The number of H-pyrrole nitrogens is 1. The number of carbonyl (C=O) groups is 4. The molecule has 9 rings (SSSR count). The van der Waals surface area contributed by atoms with Crippen molar-refractivity contribution < 1.29 is 48.3 Å². The van der Waals surface area contributed by atoms with Crippen LogP contribution in [0.5, 0.6) is 5.75 Å². The molecule has 1 amide bonds. The number of methoxy groups -OCH3 is 3. The highest BCUT2D eigenvalue weighted by Gasteiger charge is 2.81. The molecule has 2 bridgehead atoms. The van der Waals surface area contributed by atoms with Crippen molar-refractivity contribution in [1.29, 1.82) is 0 Å². The summed E-state index contributed by atoms with van der Waals surface area (Å²) in [6.45, 7) is 8.16. The number of ether oxygens (including phenoxy) is 4. The van der Waals surface area contributed by atoms with E-state index in [-0.39, 0.29) is 12.3 Å². The number of aromatic nitrogens is 1. The molecule has 1 aliphatic carbocycles. The fraction of sp³-hybridized carbons (Fsp3) is 0.565. The number of rotatable bonds is 8. The van der Waals surface area contributed by atoms with Gasteiger partial charge in [-0.05, 0) is 74.2 Å². The minimum absolute atomic E-state index is 0.155. The summed E-state index contributed by atoms with van der Waals surface area (Å²) in [6, 6.07) is 9.97. The number of esters is 3. The van der Waals surface area contributed by atoms with Crippen LogP contribution >= 0.6 is 0 Å². The molecule has 1 aromatic heterocycles. The van der Waals surface area contributed by atoms with E-state index in [4.69, 9.17) is 18.9 Å². The lowest BCUT2D eigenvalue weighted by molar-refractivity contribution is -0.228. The Morgan fingerprint density at radius 2 is 1.73 bits per heavy atom. The van der Waals surface area contributed by atoms with E-state index in [2.05, 4.69) is 20.9 Å². The predicted octanol–water partition coefficient (Wildman–Crippen LogP) is 3.52. The van der Waals surface area contributed by atoms with E-state index in [0.29, 0.717) is 99.5 Å².